The average Bonchev–Trinajstić information content (AvgIpc) is 2.67. The summed E-state index contributed by atoms with van der Waals surface area (Å²) in [5.41, 5.74) is 2.37. The molecule has 1 aromatic carbocycles. The van der Waals surface area contributed by atoms with Crippen LogP contribution in [0.25, 0.3) is 6.08 Å². The van der Waals surface area contributed by atoms with Crippen LogP contribution in [-0.2, 0) is 7.05 Å². The largest absolute Gasteiger partial charge is 0.508 e. The molecule has 0 amide bonds. The molecular weight excluding hydrogens is 228 g/mol. The van der Waals surface area contributed by atoms with Gasteiger partial charge in [-0.1, -0.05) is 12.1 Å². The lowest BCUT2D eigenvalue weighted by Crippen LogP contribution is -1.94. The fourth-order valence-electron chi connectivity index (χ4n) is 1.60. The number of phenols is 1. The SMILES string of the molecule is Cc1c(C=CC(=O)c2cccc(O)c2)cnn1C. The van der Waals surface area contributed by atoms with E-state index < -0.39 is 0 Å². The number of nitrogens with zero attached hydrogens (tertiary/aromatic N) is 2. The average molecular weight is 242 g/mol. The fraction of sp³-hybridized carbons (Fsp3) is 0.143. The van der Waals surface area contributed by atoms with Gasteiger partial charge >= 0.3 is 0 Å². The number of allylic oxidation sites excluding steroid dienone is 1. The normalized spacial score (nSPS) is 11.0. The summed E-state index contributed by atoms with van der Waals surface area (Å²) < 4.78 is 1.75. The van der Waals surface area contributed by atoms with Crippen molar-refractivity contribution in [1.82, 2.24) is 9.78 Å². The van der Waals surface area contributed by atoms with Gasteiger partial charge in [0.2, 0.25) is 0 Å². The van der Waals surface area contributed by atoms with Gasteiger partial charge in [-0.15, -0.1) is 0 Å². The number of hydrogen-bond donors (Lipinski definition) is 1. The van der Waals surface area contributed by atoms with E-state index in [4.69, 9.17) is 0 Å². The van der Waals surface area contributed by atoms with Crippen molar-refractivity contribution in [3.05, 3.63) is 53.4 Å². The Morgan fingerprint density at radius 3 is 2.83 bits per heavy atom. The predicted octanol–water partition coefficient (Wildman–Crippen LogP) is 2.33. The molecular formula is C14H14N2O2. The zero-order chi connectivity index (χ0) is 13.1. The van der Waals surface area contributed by atoms with Crippen LogP contribution in [0.3, 0.4) is 0 Å². The molecule has 2 aromatic rings. The third kappa shape index (κ3) is 2.48. The van der Waals surface area contributed by atoms with E-state index in [0.29, 0.717) is 5.56 Å². The Labute approximate surface area is 105 Å². The van der Waals surface area contributed by atoms with E-state index >= 15 is 0 Å². The summed E-state index contributed by atoms with van der Waals surface area (Å²) in [4.78, 5) is 11.9. The Morgan fingerprint density at radius 1 is 1.44 bits per heavy atom. The number of rotatable bonds is 3. The van der Waals surface area contributed by atoms with Crippen molar-refractivity contribution in [3.8, 4) is 5.75 Å². The lowest BCUT2D eigenvalue weighted by atomic mass is 10.1. The van der Waals surface area contributed by atoms with Gasteiger partial charge < -0.3 is 5.11 Å². The van der Waals surface area contributed by atoms with Crippen LogP contribution < -0.4 is 0 Å². The van der Waals surface area contributed by atoms with Crippen LogP contribution in [0.5, 0.6) is 5.75 Å². The molecule has 18 heavy (non-hydrogen) atoms. The highest BCUT2D eigenvalue weighted by Crippen LogP contribution is 2.13. The minimum Gasteiger partial charge on any atom is -0.508 e. The van der Waals surface area contributed by atoms with Crippen molar-refractivity contribution in [1.29, 1.82) is 0 Å². The molecule has 0 aliphatic carbocycles. The van der Waals surface area contributed by atoms with Gasteiger partial charge in [0.1, 0.15) is 5.75 Å². The number of carbonyl (C=O) groups is 1. The van der Waals surface area contributed by atoms with Gasteiger partial charge in [0.05, 0.1) is 6.20 Å². The van der Waals surface area contributed by atoms with E-state index in [1.165, 1.54) is 18.2 Å². The number of aryl methyl sites for hydroxylation is 1. The Bertz CT molecular complexity index is 612. The fourth-order valence-corrected chi connectivity index (χ4v) is 1.60. The van der Waals surface area contributed by atoms with Crippen LogP contribution >= 0.6 is 0 Å². The molecule has 0 atom stereocenters. The maximum atomic E-state index is 11.9. The maximum absolute atomic E-state index is 11.9. The minimum absolute atomic E-state index is 0.0896. The maximum Gasteiger partial charge on any atom is 0.185 e. The molecule has 92 valence electrons. The third-order valence-electron chi connectivity index (χ3n) is 2.82. The predicted molar refractivity (Wildman–Crippen MR) is 69.4 cm³/mol. The monoisotopic (exact) mass is 242 g/mol. The summed E-state index contributed by atoms with van der Waals surface area (Å²) in [6, 6.07) is 6.29. The van der Waals surface area contributed by atoms with Crippen LogP contribution in [0.1, 0.15) is 21.6 Å². The van der Waals surface area contributed by atoms with Crippen LogP contribution in [-0.4, -0.2) is 20.7 Å². The molecule has 0 unspecified atom stereocenters. The van der Waals surface area contributed by atoms with Crippen LogP contribution in [0, 0.1) is 6.92 Å². The number of phenolic OH excluding ortho intramolecular Hbond substituents is 1. The molecule has 0 radical (unpaired) electrons. The zero-order valence-electron chi connectivity index (χ0n) is 10.3. The van der Waals surface area contributed by atoms with E-state index in [1.54, 1.807) is 29.1 Å². The van der Waals surface area contributed by atoms with Crippen molar-refractivity contribution in [2.24, 2.45) is 7.05 Å². The van der Waals surface area contributed by atoms with E-state index in [2.05, 4.69) is 5.10 Å². The van der Waals surface area contributed by atoms with Crippen LogP contribution in [0.15, 0.2) is 36.5 Å². The highest BCUT2D eigenvalue weighted by atomic mass is 16.3. The highest BCUT2D eigenvalue weighted by Gasteiger charge is 2.04. The van der Waals surface area contributed by atoms with Gasteiger partial charge in [0, 0.05) is 23.9 Å². The first-order valence-corrected chi connectivity index (χ1v) is 5.58. The van der Waals surface area contributed by atoms with Gasteiger partial charge in [-0.2, -0.15) is 5.10 Å². The van der Waals surface area contributed by atoms with Crippen LogP contribution in [0.4, 0.5) is 0 Å². The summed E-state index contributed by atoms with van der Waals surface area (Å²) in [6.45, 7) is 1.94. The summed E-state index contributed by atoms with van der Waals surface area (Å²) in [5.74, 6) is -0.0547. The second-order valence-corrected chi connectivity index (χ2v) is 4.06. The van der Waals surface area contributed by atoms with Crippen LogP contribution in [0.2, 0.25) is 0 Å². The highest BCUT2D eigenvalue weighted by molar-refractivity contribution is 6.07. The van der Waals surface area contributed by atoms with Gasteiger partial charge in [0.15, 0.2) is 5.78 Å². The number of ketones is 1. The third-order valence-corrected chi connectivity index (χ3v) is 2.82. The molecule has 0 aliphatic heterocycles. The molecule has 0 saturated carbocycles. The van der Waals surface area contributed by atoms with Crippen molar-refractivity contribution >= 4 is 11.9 Å². The first kappa shape index (κ1) is 12.1. The van der Waals surface area contributed by atoms with Gasteiger partial charge in [-0.3, -0.25) is 9.48 Å². The van der Waals surface area contributed by atoms with Gasteiger partial charge in [-0.05, 0) is 31.2 Å². The second kappa shape index (κ2) is 4.87. The molecule has 0 saturated heterocycles. The summed E-state index contributed by atoms with van der Waals surface area (Å²) in [5, 5.41) is 13.4. The lowest BCUT2D eigenvalue weighted by molar-refractivity contribution is 0.104. The van der Waals surface area contributed by atoms with Crippen molar-refractivity contribution in [2.45, 2.75) is 6.92 Å². The molecule has 0 bridgehead atoms. The summed E-state index contributed by atoms with van der Waals surface area (Å²) >= 11 is 0. The van der Waals surface area contributed by atoms with E-state index in [0.717, 1.165) is 11.3 Å². The Hall–Kier alpha value is -2.36. The Morgan fingerprint density at radius 2 is 2.22 bits per heavy atom. The first-order chi connectivity index (χ1) is 8.58. The zero-order valence-corrected chi connectivity index (χ0v) is 10.3. The Kier molecular flexibility index (Phi) is 3.28. The minimum atomic E-state index is -0.144. The van der Waals surface area contributed by atoms with Gasteiger partial charge in [-0.25, -0.2) is 0 Å². The van der Waals surface area contributed by atoms with E-state index in [9.17, 15) is 9.90 Å². The molecule has 4 heteroatoms. The van der Waals surface area contributed by atoms with Gasteiger partial charge in [0.25, 0.3) is 0 Å². The molecule has 2 rings (SSSR count). The molecule has 1 heterocycles. The molecule has 0 fully saturated rings. The summed E-state index contributed by atoms with van der Waals surface area (Å²) in [6.07, 6.45) is 4.93. The van der Waals surface area contributed by atoms with Crippen molar-refractivity contribution in [3.63, 3.8) is 0 Å². The van der Waals surface area contributed by atoms with E-state index in [1.807, 2.05) is 14.0 Å². The standard InChI is InChI=1S/C14H14N2O2/c1-10-12(9-15-16(10)2)6-7-14(18)11-4-3-5-13(17)8-11/h3-9,17H,1-2H3. The van der Waals surface area contributed by atoms with Crippen molar-refractivity contribution in [2.75, 3.05) is 0 Å². The topological polar surface area (TPSA) is 55.1 Å². The molecule has 1 N–H and O–H groups in total. The second-order valence-electron chi connectivity index (χ2n) is 4.06. The van der Waals surface area contributed by atoms with Crippen molar-refractivity contribution < 1.29 is 9.90 Å². The molecule has 1 aromatic heterocycles. The molecule has 0 spiro atoms. The molecule has 4 nitrogen and oxygen atoms in total. The smallest absolute Gasteiger partial charge is 0.185 e. The number of benzene rings is 1. The summed E-state index contributed by atoms with van der Waals surface area (Å²) in [7, 11) is 1.85. The molecule has 0 aliphatic rings. The van der Waals surface area contributed by atoms with E-state index in [-0.39, 0.29) is 11.5 Å². The lowest BCUT2D eigenvalue weighted by Gasteiger charge is -1.97. The number of aromatic nitrogens is 2. The first-order valence-electron chi connectivity index (χ1n) is 5.58. The Balaban J connectivity index is 2.19. The quantitative estimate of drug-likeness (QED) is 0.664. The number of aromatic hydroxyl groups is 1. The number of hydrogen-bond acceptors (Lipinski definition) is 3. The number of carbonyl (C=O) groups excluding carboxylic acids is 1.